The maximum Gasteiger partial charge on any atom is 0.253 e. The van der Waals surface area contributed by atoms with Gasteiger partial charge in [-0.2, -0.15) is 0 Å². The van der Waals surface area contributed by atoms with Crippen LogP contribution in [0.1, 0.15) is 11.6 Å². The number of nitrogens with zero attached hydrogens (tertiary/aromatic N) is 5. The molecule has 1 amide bonds. The van der Waals surface area contributed by atoms with Crippen LogP contribution in [0.3, 0.4) is 0 Å². The van der Waals surface area contributed by atoms with E-state index in [0.29, 0.717) is 5.82 Å². The molecule has 0 saturated carbocycles. The second-order valence-corrected chi connectivity index (χ2v) is 6.40. The number of hydrogen-bond donors (Lipinski definition) is 0. The van der Waals surface area contributed by atoms with Crippen molar-refractivity contribution in [3.63, 3.8) is 0 Å². The van der Waals surface area contributed by atoms with Crippen LogP contribution >= 0.6 is 15.9 Å². The molecule has 1 atom stereocenters. The summed E-state index contributed by atoms with van der Waals surface area (Å²) >= 11 is 3.40. The Kier molecular flexibility index (Phi) is 4.71. The van der Waals surface area contributed by atoms with Crippen LogP contribution in [0.5, 0.6) is 0 Å². The quantitative estimate of drug-likeness (QED) is 0.692. The van der Waals surface area contributed by atoms with Crippen LogP contribution in [0.2, 0.25) is 0 Å². The van der Waals surface area contributed by atoms with Gasteiger partial charge in [0.15, 0.2) is 6.04 Å². The van der Waals surface area contributed by atoms with Gasteiger partial charge in [-0.15, -0.1) is 15.0 Å². The first kappa shape index (κ1) is 16.3. The van der Waals surface area contributed by atoms with Crippen molar-refractivity contribution in [1.82, 2.24) is 25.1 Å². The van der Waals surface area contributed by atoms with Gasteiger partial charge in [0.2, 0.25) is 5.82 Å². The molecule has 0 aliphatic carbocycles. The zero-order valence-corrected chi connectivity index (χ0v) is 14.9. The molecule has 3 rings (SSSR count). The summed E-state index contributed by atoms with van der Waals surface area (Å²) in [6.07, 6.45) is 0. The summed E-state index contributed by atoms with van der Waals surface area (Å²) in [6.45, 7) is 0. The highest BCUT2D eigenvalue weighted by atomic mass is 79.9. The van der Waals surface area contributed by atoms with Crippen LogP contribution in [0.15, 0.2) is 59.1 Å². The number of amides is 1. The van der Waals surface area contributed by atoms with E-state index in [0.717, 1.165) is 15.6 Å². The molecule has 0 aliphatic rings. The molecular weight excluding hydrogens is 370 g/mol. The van der Waals surface area contributed by atoms with Crippen molar-refractivity contribution in [2.75, 3.05) is 14.1 Å². The van der Waals surface area contributed by atoms with E-state index in [4.69, 9.17) is 0 Å². The summed E-state index contributed by atoms with van der Waals surface area (Å²) in [7, 11) is 3.43. The van der Waals surface area contributed by atoms with Crippen molar-refractivity contribution < 1.29 is 4.79 Å². The molecule has 7 heteroatoms. The fourth-order valence-corrected chi connectivity index (χ4v) is 2.57. The zero-order chi connectivity index (χ0) is 17.1. The van der Waals surface area contributed by atoms with E-state index >= 15 is 0 Å². The van der Waals surface area contributed by atoms with Crippen LogP contribution in [-0.4, -0.2) is 45.1 Å². The summed E-state index contributed by atoms with van der Waals surface area (Å²) in [6, 6.07) is 16.4. The Morgan fingerprint density at radius 1 is 1.08 bits per heavy atom. The van der Waals surface area contributed by atoms with Crippen molar-refractivity contribution >= 4 is 21.8 Å². The van der Waals surface area contributed by atoms with Crippen LogP contribution in [0, 0.1) is 0 Å². The van der Waals surface area contributed by atoms with E-state index in [2.05, 4.69) is 31.3 Å². The average Bonchev–Trinajstić information content (AvgIpc) is 3.06. The van der Waals surface area contributed by atoms with Gasteiger partial charge < -0.3 is 4.90 Å². The second-order valence-electron chi connectivity index (χ2n) is 5.49. The van der Waals surface area contributed by atoms with Gasteiger partial charge >= 0.3 is 0 Å². The lowest BCUT2D eigenvalue weighted by Gasteiger charge is -2.19. The minimum atomic E-state index is -0.641. The van der Waals surface area contributed by atoms with Gasteiger partial charge in [0, 0.05) is 24.1 Å². The molecule has 1 heterocycles. The number of carbonyl (C=O) groups is 1. The Morgan fingerprint density at radius 3 is 2.38 bits per heavy atom. The Bertz CT molecular complexity index is 830. The average molecular weight is 386 g/mol. The topological polar surface area (TPSA) is 63.9 Å². The third kappa shape index (κ3) is 3.35. The molecule has 0 spiro atoms. The summed E-state index contributed by atoms with van der Waals surface area (Å²) < 4.78 is 0.976. The number of halogens is 1. The molecule has 0 fully saturated rings. The van der Waals surface area contributed by atoms with Gasteiger partial charge in [0.1, 0.15) is 0 Å². The first-order valence-corrected chi connectivity index (χ1v) is 8.17. The van der Waals surface area contributed by atoms with Crippen molar-refractivity contribution in [2.24, 2.45) is 0 Å². The molecule has 1 unspecified atom stereocenters. The van der Waals surface area contributed by atoms with Crippen molar-refractivity contribution in [1.29, 1.82) is 0 Å². The molecule has 3 aromatic rings. The maximum absolute atomic E-state index is 12.6. The lowest BCUT2D eigenvalue weighted by molar-refractivity contribution is -0.131. The molecular formula is C17H16BrN5O. The SMILES string of the molecule is CN(C)C(=O)C(c1ccccc1)n1nnc(-c2ccc(Br)cc2)n1. The molecule has 6 nitrogen and oxygen atoms in total. The fourth-order valence-electron chi connectivity index (χ4n) is 2.30. The molecule has 0 aliphatic heterocycles. The molecule has 2 aromatic carbocycles. The van der Waals surface area contributed by atoms with E-state index in [-0.39, 0.29) is 5.91 Å². The summed E-state index contributed by atoms with van der Waals surface area (Å²) in [4.78, 5) is 15.5. The monoisotopic (exact) mass is 385 g/mol. The molecule has 0 bridgehead atoms. The van der Waals surface area contributed by atoms with Crippen molar-refractivity contribution in [3.05, 3.63) is 64.6 Å². The first-order chi connectivity index (χ1) is 11.6. The van der Waals surface area contributed by atoms with E-state index in [1.54, 1.807) is 14.1 Å². The van der Waals surface area contributed by atoms with Crippen LogP contribution in [0.4, 0.5) is 0 Å². The number of benzene rings is 2. The molecule has 0 radical (unpaired) electrons. The molecule has 0 saturated heterocycles. The van der Waals surface area contributed by atoms with E-state index in [1.807, 2.05) is 54.6 Å². The van der Waals surface area contributed by atoms with Gasteiger partial charge in [-0.05, 0) is 35.0 Å². The Balaban J connectivity index is 2.00. The van der Waals surface area contributed by atoms with Crippen molar-refractivity contribution in [3.8, 4) is 11.4 Å². The summed E-state index contributed by atoms with van der Waals surface area (Å²) in [5.41, 5.74) is 1.66. The predicted molar refractivity (Wildman–Crippen MR) is 94.2 cm³/mol. The van der Waals surface area contributed by atoms with Gasteiger partial charge in [-0.25, -0.2) is 0 Å². The zero-order valence-electron chi connectivity index (χ0n) is 13.3. The smallest absolute Gasteiger partial charge is 0.253 e. The number of rotatable bonds is 4. The first-order valence-electron chi connectivity index (χ1n) is 7.38. The largest absolute Gasteiger partial charge is 0.347 e. The number of tetrazole rings is 1. The highest BCUT2D eigenvalue weighted by molar-refractivity contribution is 9.10. The lowest BCUT2D eigenvalue weighted by atomic mass is 10.1. The molecule has 1 aromatic heterocycles. The standard InChI is InChI=1S/C17H16BrN5O/c1-22(2)17(24)15(12-6-4-3-5-7-12)23-20-16(19-21-23)13-8-10-14(18)11-9-13/h3-11,15H,1-2H3. The van der Waals surface area contributed by atoms with Gasteiger partial charge in [0.05, 0.1) is 0 Å². The van der Waals surface area contributed by atoms with Gasteiger partial charge in [-0.1, -0.05) is 46.3 Å². The summed E-state index contributed by atoms with van der Waals surface area (Å²) in [5.74, 6) is 0.371. The third-order valence-electron chi connectivity index (χ3n) is 3.55. The van der Waals surface area contributed by atoms with Crippen LogP contribution in [0.25, 0.3) is 11.4 Å². The van der Waals surface area contributed by atoms with E-state index in [1.165, 1.54) is 9.70 Å². The summed E-state index contributed by atoms with van der Waals surface area (Å²) in [5, 5.41) is 12.6. The second kappa shape index (κ2) is 6.92. The third-order valence-corrected chi connectivity index (χ3v) is 4.08. The van der Waals surface area contributed by atoms with Crippen LogP contribution < -0.4 is 0 Å². The minimum absolute atomic E-state index is 0.110. The maximum atomic E-state index is 12.6. The minimum Gasteiger partial charge on any atom is -0.347 e. The number of likely N-dealkylation sites (N-methyl/N-ethyl adjacent to an activating group) is 1. The Hall–Kier alpha value is -2.54. The fraction of sp³-hybridized carbons (Fsp3) is 0.176. The highest BCUT2D eigenvalue weighted by Gasteiger charge is 2.27. The Labute approximate surface area is 148 Å². The Morgan fingerprint density at radius 2 is 1.75 bits per heavy atom. The van der Waals surface area contributed by atoms with E-state index in [9.17, 15) is 4.79 Å². The normalized spacial score (nSPS) is 12.0. The lowest BCUT2D eigenvalue weighted by Crippen LogP contribution is -2.33. The molecule has 122 valence electrons. The van der Waals surface area contributed by atoms with Crippen LogP contribution in [-0.2, 0) is 4.79 Å². The number of aromatic nitrogens is 4. The molecule has 0 N–H and O–H groups in total. The predicted octanol–water partition coefficient (Wildman–Crippen LogP) is 2.78. The highest BCUT2D eigenvalue weighted by Crippen LogP contribution is 2.21. The molecule has 24 heavy (non-hydrogen) atoms. The number of hydrogen-bond acceptors (Lipinski definition) is 4. The van der Waals surface area contributed by atoms with Gasteiger partial charge in [-0.3, -0.25) is 4.79 Å². The van der Waals surface area contributed by atoms with Gasteiger partial charge in [0.25, 0.3) is 5.91 Å². The number of carbonyl (C=O) groups excluding carboxylic acids is 1. The van der Waals surface area contributed by atoms with E-state index < -0.39 is 6.04 Å². The van der Waals surface area contributed by atoms with Crippen molar-refractivity contribution in [2.45, 2.75) is 6.04 Å².